The number of hydrogen-bond donors (Lipinski definition) is 3. The average molecular weight is 400 g/mol. The molecule has 0 fully saturated rings. The molecule has 0 atom stereocenters. The van der Waals surface area contributed by atoms with Crippen LogP contribution in [0.1, 0.15) is 15.9 Å². The fourth-order valence-corrected chi connectivity index (χ4v) is 2.23. The number of nitrogens with two attached hydrogens (primary N) is 1. The molecule has 0 spiro atoms. The van der Waals surface area contributed by atoms with Gasteiger partial charge in [-0.2, -0.15) is 0 Å². The van der Waals surface area contributed by atoms with Crippen LogP contribution in [0.4, 0.5) is 11.5 Å². The zero-order valence-electron chi connectivity index (χ0n) is 10.6. The summed E-state index contributed by atoms with van der Waals surface area (Å²) in [6, 6.07) is 7.23. The maximum Gasteiger partial charge on any atom is 0.259 e. The second-order valence-electron chi connectivity index (χ2n) is 4.11. The largest absolute Gasteiger partial charge is 0.322 e. The van der Waals surface area contributed by atoms with Crippen molar-refractivity contribution in [1.29, 1.82) is 0 Å². The molecule has 0 saturated heterocycles. The first-order valence-corrected chi connectivity index (χ1v) is 7.29. The number of hydrazine groups is 1. The standard InChI is InChI=1S/C13H12Br2N4O/c1-7-4-9(2-3-11(7)15)18-13(20)10-5-8(14)6-17-12(10)19-16/h2-6H,16H2,1H3,(H,17,19)(H,18,20). The van der Waals surface area contributed by atoms with Crippen molar-refractivity contribution >= 4 is 49.3 Å². The number of anilines is 2. The van der Waals surface area contributed by atoms with Gasteiger partial charge in [-0.05, 0) is 52.7 Å². The summed E-state index contributed by atoms with van der Waals surface area (Å²) in [4.78, 5) is 16.3. The number of aromatic nitrogens is 1. The van der Waals surface area contributed by atoms with E-state index >= 15 is 0 Å². The van der Waals surface area contributed by atoms with E-state index in [0.29, 0.717) is 21.5 Å². The third kappa shape index (κ3) is 3.36. The molecule has 0 radical (unpaired) electrons. The van der Waals surface area contributed by atoms with Crippen LogP contribution in [-0.4, -0.2) is 10.9 Å². The minimum Gasteiger partial charge on any atom is -0.322 e. The lowest BCUT2D eigenvalue weighted by molar-refractivity contribution is 0.102. The van der Waals surface area contributed by atoms with Gasteiger partial charge < -0.3 is 10.7 Å². The molecule has 0 unspecified atom stereocenters. The zero-order valence-corrected chi connectivity index (χ0v) is 13.7. The predicted molar refractivity (Wildman–Crippen MR) is 86.6 cm³/mol. The number of amides is 1. The Kier molecular flexibility index (Phi) is 4.74. The van der Waals surface area contributed by atoms with Crippen LogP contribution in [0, 0.1) is 6.92 Å². The van der Waals surface area contributed by atoms with E-state index in [4.69, 9.17) is 5.84 Å². The summed E-state index contributed by atoms with van der Waals surface area (Å²) in [5.41, 5.74) is 4.51. The van der Waals surface area contributed by atoms with Crippen LogP contribution in [0.5, 0.6) is 0 Å². The van der Waals surface area contributed by atoms with Crippen molar-refractivity contribution in [2.75, 3.05) is 10.7 Å². The molecule has 1 amide bonds. The molecule has 0 aliphatic carbocycles. The van der Waals surface area contributed by atoms with Gasteiger partial charge in [0.25, 0.3) is 5.91 Å². The van der Waals surface area contributed by atoms with Crippen LogP contribution in [0.15, 0.2) is 39.4 Å². The number of carbonyl (C=O) groups is 1. The zero-order chi connectivity index (χ0) is 14.7. The van der Waals surface area contributed by atoms with Crippen molar-refractivity contribution < 1.29 is 4.79 Å². The number of hydrogen-bond acceptors (Lipinski definition) is 4. The van der Waals surface area contributed by atoms with Gasteiger partial charge in [-0.25, -0.2) is 10.8 Å². The Labute approximate surface area is 133 Å². The molecule has 1 aromatic carbocycles. The summed E-state index contributed by atoms with van der Waals surface area (Å²) >= 11 is 6.70. The highest BCUT2D eigenvalue weighted by molar-refractivity contribution is 9.10. The highest BCUT2D eigenvalue weighted by Crippen LogP contribution is 2.22. The smallest absolute Gasteiger partial charge is 0.259 e. The van der Waals surface area contributed by atoms with Gasteiger partial charge in [-0.1, -0.05) is 15.9 Å². The molecule has 0 bridgehead atoms. The predicted octanol–water partition coefficient (Wildman–Crippen LogP) is 3.45. The van der Waals surface area contributed by atoms with Gasteiger partial charge in [0, 0.05) is 20.8 Å². The molecule has 7 heteroatoms. The number of nitrogens with one attached hydrogen (secondary N) is 2. The van der Waals surface area contributed by atoms with E-state index in [1.54, 1.807) is 12.3 Å². The quantitative estimate of drug-likeness (QED) is 0.545. The molecule has 5 nitrogen and oxygen atoms in total. The van der Waals surface area contributed by atoms with Gasteiger partial charge in [-0.3, -0.25) is 4.79 Å². The monoisotopic (exact) mass is 398 g/mol. The second kappa shape index (κ2) is 6.34. The Morgan fingerprint density at radius 2 is 2.05 bits per heavy atom. The van der Waals surface area contributed by atoms with Crippen LogP contribution < -0.4 is 16.6 Å². The van der Waals surface area contributed by atoms with Gasteiger partial charge in [0.05, 0.1) is 5.56 Å². The van der Waals surface area contributed by atoms with Gasteiger partial charge in [-0.15, -0.1) is 0 Å². The molecule has 2 aromatic rings. The molecule has 0 saturated carbocycles. The number of halogens is 2. The van der Waals surface area contributed by atoms with Crippen LogP contribution in [0.25, 0.3) is 0 Å². The number of aryl methyl sites for hydroxylation is 1. The SMILES string of the molecule is Cc1cc(NC(=O)c2cc(Br)cnc2NN)ccc1Br. The molecule has 0 aliphatic rings. The van der Waals surface area contributed by atoms with Crippen LogP contribution in [-0.2, 0) is 0 Å². The Hall–Kier alpha value is -1.44. The number of rotatable bonds is 3. The number of nitrogen functional groups attached to an aromatic ring is 1. The van der Waals surface area contributed by atoms with E-state index in [-0.39, 0.29) is 5.91 Å². The first-order chi connectivity index (χ1) is 9.51. The molecule has 0 aliphatic heterocycles. The third-order valence-corrected chi connectivity index (χ3v) is 3.97. The highest BCUT2D eigenvalue weighted by Gasteiger charge is 2.13. The first kappa shape index (κ1) is 15.0. The lowest BCUT2D eigenvalue weighted by Crippen LogP contribution is -2.18. The molecule has 1 aromatic heterocycles. The average Bonchev–Trinajstić information content (AvgIpc) is 2.43. The van der Waals surface area contributed by atoms with E-state index in [2.05, 4.69) is 47.6 Å². The van der Waals surface area contributed by atoms with E-state index in [9.17, 15) is 4.79 Å². The van der Waals surface area contributed by atoms with Crippen molar-refractivity contribution in [2.45, 2.75) is 6.92 Å². The molecule has 2 rings (SSSR count). The summed E-state index contributed by atoms with van der Waals surface area (Å²) in [6.07, 6.45) is 1.57. The summed E-state index contributed by atoms with van der Waals surface area (Å²) in [5.74, 6) is 5.40. The lowest BCUT2D eigenvalue weighted by atomic mass is 10.2. The maximum atomic E-state index is 12.3. The Bertz CT molecular complexity index is 661. The number of nitrogens with zero attached hydrogens (tertiary/aromatic N) is 1. The fourth-order valence-electron chi connectivity index (χ4n) is 1.65. The highest BCUT2D eigenvalue weighted by atomic mass is 79.9. The Balaban J connectivity index is 2.27. The molecular weight excluding hydrogens is 388 g/mol. The van der Waals surface area contributed by atoms with Gasteiger partial charge >= 0.3 is 0 Å². The molecular formula is C13H12Br2N4O. The third-order valence-electron chi connectivity index (χ3n) is 2.65. The maximum absolute atomic E-state index is 12.3. The van der Waals surface area contributed by atoms with Gasteiger partial charge in [0.15, 0.2) is 5.82 Å². The number of pyridine rings is 1. The summed E-state index contributed by atoms with van der Waals surface area (Å²) in [6.45, 7) is 1.95. The van der Waals surface area contributed by atoms with Crippen molar-refractivity contribution in [2.24, 2.45) is 5.84 Å². The molecule has 104 valence electrons. The van der Waals surface area contributed by atoms with Crippen molar-refractivity contribution in [1.82, 2.24) is 4.98 Å². The Morgan fingerprint density at radius 3 is 2.70 bits per heavy atom. The first-order valence-electron chi connectivity index (χ1n) is 5.71. The number of benzene rings is 1. The molecule has 20 heavy (non-hydrogen) atoms. The fraction of sp³-hybridized carbons (Fsp3) is 0.0769. The minimum absolute atomic E-state index is 0.284. The van der Waals surface area contributed by atoms with Crippen LogP contribution >= 0.6 is 31.9 Å². The summed E-state index contributed by atoms with van der Waals surface area (Å²) in [5, 5.41) is 2.81. The summed E-state index contributed by atoms with van der Waals surface area (Å²) in [7, 11) is 0. The van der Waals surface area contributed by atoms with E-state index in [0.717, 1.165) is 10.0 Å². The molecule has 1 heterocycles. The normalized spacial score (nSPS) is 10.2. The van der Waals surface area contributed by atoms with E-state index in [1.807, 2.05) is 25.1 Å². The van der Waals surface area contributed by atoms with Crippen LogP contribution in [0.2, 0.25) is 0 Å². The van der Waals surface area contributed by atoms with Crippen molar-refractivity contribution in [3.8, 4) is 0 Å². The minimum atomic E-state index is -0.284. The van der Waals surface area contributed by atoms with Crippen LogP contribution in [0.3, 0.4) is 0 Å². The number of carbonyl (C=O) groups excluding carboxylic acids is 1. The van der Waals surface area contributed by atoms with Gasteiger partial charge in [0.2, 0.25) is 0 Å². The second-order valence-corrected chi connectivity index (χ2v) is 5.88. The van der Waals surface area contributed by atoms with E-state index in [1.165, 1.54) is 0 Å². The lowest BCUT2D eigenvalue weighted by Gasteiger charge is -2.10. The van der Waals surface area contributed by atoms with E-state index < -0.39 is 0 Å². The topological polar surface area (TPSA) is 80.0 Å². The molecule has 4 N–H and O–H groups in total. The Morgan fingerprint density at radius 1 is 1.30 bits per heavy atom. The summed E-state index contributed by atoms with van der Waals surface area (Å²) < 4.78 is 1.69. The van der Waals surface area contributed by atoms with Crippen molar-refractivity contribution in [3.63, 3.8) is 0 Å². The van der Waals surface area contributed by atoms with Crippen molar-refractivity contribution in [3.05, 3.63) is 50.5 Å². The van der Waals surface area contributed by atoms with Gasteiger partial charge in [0.1, 0.15) is 0 Å².